The van der Waals surface area contributed by atoms with Gasteiger partial charge in [-0.3, -0.25) is 0 Å². The fourth-order valence-electron chi connectivity index (χ4n) is 4.02. The van der Waals surface area contributed by atoms with Crippen molar-refractivity contribution in [2.45, 2.75) is 50.6 Å². The summed E-state index contributed by atoms with van der Waals surface area (Å²) in [6.07, 6.45) is 8.09. The summed E-state index contributed by atoms with van der Waals surface area (Å²) < 4.78 is 0. The van der Waals surface area contributed by atoms with Crippen LogP contribution in [0.2, 0.25) is 5.02 Å². The topological polar surface area (TPSA) is 29.3 Å². The Labute approximate surface area is 127 Å². The van der Waals surface area contributed by atoms with Crippen molar-refractivity contribution in [3.63, 3.8) is 0 Å². The van der Waals surface area contributed by atoms with Crippen LogP contribution in [0.4, 0.5) is 0 Å². The fraction of sp³-hybridized carbons (Fsp3) is 0.647. The quantitative estimate of drug-likeness (QED) is 0.909. The van der Waals surface area contributed by atoms with Crippen molar-refractivity contribution in [2.24, 2.45) is 11.7 Å². The Kier molecular flexibility index (Phi) is 4.65. The molecule has 1 saturated heterocycles. The zero-order chi connectivity index (χ0) is 13.9. The number of fused-ring (bicyclic) bond motifs is 1. The van der Waals surface area contributed by atoms with Gasteiger partial charge >= 0.3 is 0 Å². The van der Waals surface area contributed by atoms with E-state index in [9.17, 15) is 0 Å². The molecule has 3 atom stereocenters. The third-order valence-corrected chi connectivity index (χ3v) is 5.50. The molecule has 20 heavy (non-hydrogen) atoms. The van der Waals surface area contributed by atoms with Gasteiger partial charge in [-0.2, -0.15) is 0 Å². The van der Waals surface area contributed by atoms with Gasteiger partial charge in [-0.15, -0.1) is 0 Å². The van der Waals surface area contributed by atoms with Crippen molar-refractivity contribution in [1.82, 2.24) is 4.90 Å². The van der Waals surface area contributed by atoms with Crippen molar-refractivity contribution in [3.05, 3.63) is 34.9 Å². The molecule has 110 valence electrons. The highest BCUT2D eigenvalue weighted by molar-refractivity contribution is 6.31. The average molecular weight is 293 g/mol. The SMILES string of the molecule is NC(CCN1CCC2CCCCC21)c1ccccc1Cl. The number of hydrogen-bond donors (Lipinski definition) is 1. The summed E-state index contributed by atoms with van der Waals surface area (Å²) in [4.78, 5) is 2.68. The number of rotatable bonds is 4. The Balaban J connectivity index is 1.56. The van der Waals surface area contributed by atoms with Gasteiger partial charge in [0.1, 0.15) is 0 Å². The minimum atomic E-state index is 0.0614. The van der Waals surface area contributed by atoms with Crippen LogP contribution in [0.3, 0.4) is 0 Å². The normalized spacial score (nSPS) is 28.3. The van der Waals surface area contributed by atoms with E-state index < -0.39 is 0 Å². The predicted molar refractivity (Wildman–Crippen MR) is 84.9 cm³/mol. The maximum Gasteiger partial charge on any atom is 0.0453 e. The lowest BCUT2D eigenvalue weighted by Gasteiger charge is -2.32. The van der Waals surface area contributed by atoms with E-state index in [-0.39, 0.29) is 6.04 Å². The van der Waals surface area contributed by atoms with Gasteiger partial charge in [0.15, 0.2) is 0 Å². The lowest BCUT2D eigenvalue weighted by atomic mass is 9.85. The monoisotopic (exact) mass is 292 g/mol. The Bertz CT molecular complexity index is 448. The van der Waals surface area contributed by atoms with Crippen molar-refractivity contribution in [1.29, 1.82) is 0 Å². The van der Waals surface area contributed by atoms with E-state index in [2.05, 4.69) is 11.0 Å². The molecule has 3 rings (SSSR count). The number of hydrogen-bond acceptors (Lipinski definition) is 2. The first-order valence-electron chi connectivity index (χ1n) is 8.00. The van der Waals surface area contributed by atoms with Crippen LogP contribution in [-0.4, -0.2) is 24.0 Å². The van der Waals surface area contributed by atoms with E-state index in [1.807, 2.05) is 18.2 Å². The fourth-order valence-corrected chi connectivity index (χ4v) is 4.29. The third-order valence-electron chi connectivity index (χ3n) is 5.16. The molecule has 1 heterocycles. The molecule has 0 amide bonds. The summed E-state index contributed by atoms with van der Waals surface area (Å²) in [7, 11) is 0. The van der Waals surface area contributed by atoms with Crippen molar-refractivity contribution in [3.8, 4) is 0 Å². The second-order valence-corrected chi connectivity index (χ2v) is 6.76. The molecule has 0 radical (unpaired) electrons. The molecule has 3 unspecified atom stereocenters. The second kappa shape index (κ2) is 6.46. The van der Waals surface area contributed by atoms with Gasteiger partial charge in [0.25, 0.3) is 0 Å². The number of halogens is 1. The Hall–Kier alpha value is -0.570. The van der Waals surface area contributed by atoms with Gasteiger partial charge in [0.05, 0.1) is 0 Å². The maximum atomic E-state index is 6.33. The number of nitrogens with two attached hydrogens (primary N) is 1. The number of likely N-dealkylation sites (tertiary alicyclic amines) is 1. The van der Waals surface area contributed by atoms with Gasteiger partial charge in [0.2, 0.25) is 0 Å². The van der Waals surface area contributed by atoms with Crippen molar-refractivity contribution >= 4 is 11.6 Å². The summed E-state index contributed by atoms with van der Waals surface area (Å²) in [5.41, 5.74) is 7.42. The molecule has 0 aromatic heterocycles. The molecule has 1 aromatic rings. The molecule has 3 heteroatoms. The number of nitrogens with zero attached hydrogens (tertiary/aromatic N) is 1. The maximum absolute atomic E-state index is 6.33. The molecule has 2 aliphatic rings. The highest BCUT2D eigenvalue weighted by atomic mass is 35.5. The lowest BCUT2D eigenvalue weighted by molar-refractivity contribution is 0.178. The molecule has 1 aliphatic heterocycles. The average Bonchev–Trinajstić information content (AvgIpc) is 2.88. The molecule has 2 nitrogen and oxygen atoms in total. The summed E-state index contributed by atoms with van der Waals surface area (Å²) in [6, 6.07) is 8.87. The first-order valence-corrected chi connectivity index (χ1v) is 8.37. The van der Waals surface area contributed by atoms with Crippen LogP contribution < -0.4 is 5.73 Å². The second-order valence-electron chi connectivity index (χ2n) is 6.35. The first kappa shape index (κ1) is 14.4. The lowest BCUT2D eigenvalue weighted by Crippen LogP contribution is -2.36. The highest BCUT2D eigenvalue weighted by Gasteiger charge is 2.35. The van der Waals surface area contributed by atoms with Gasteiger partial charge in [-0.1, -0.05) is 42.6 Å². The van der Waals surface area contributed by atoms with E-state index in [1.165, 1.54) is 38.6 Å². The van der Waals surface area contributed by atoms with Crippen LogP contribution in [-0.2, 0) is 0 Å². The minimum absolute atomic E-state index is 0.0614. The van der Waals surface area contributed by atoms with E-state index in [0.29, 0.717) is 0 Å². The van der Waals surface area contributed by atoms with E-state index in [1.54, 1.807) is 0 Å². The van der Waals surface area contributed by atoms with Crippen LogP contribution in [0, 0.1) is 5.92 Å². The molecule has 1 aliphatic carbocycles. The highest BCUT2D eigenvalue weighted by Crippen LogP contribution is 2.36. The van der Waals surface area contributed by atoms with E-state index in [0.717, 1.165) is 35.5 Å². The van der Waals surface area contributed by atoms with E-state index >= 15 is 0 Å². The van der Waals surface area contributed by atoms with Crippen molar-refractivity contribution < 1.29 is 0 Å². The Morgan fingerprint density at radius 3 is 2.85 bits per heavy atom. The molecular weight excluding hydrogens is 268 g/mol. The third kappa shape index (κ3) is 3.03. The predicted octanol–water partition coefficient (Wildman–Crippen LogP) is 3.99. The molecule has 1 saturated carbocycles. The Morgan fingerprint density at radius 1 is 1.20 bits per heavy atom. The first-order chi connectivity index (χ1) is 9.75. The van der Waals surface area contributed by atoms with Gasteiger partial charge in [-0.05, 0) is 49.8 Å². The molecular formula is C17H25ClN2. The zero-order valence-electron chi connectivity index (χ0n) is 12.1. The van der Waals surface area contributed by atoms with Crippen LogP contribution in [0.5, 0.6) is 0 Å². The van der Waals surface area contributed by atoms with Crippen LogP contribution >= 0.6 is 11.6 Å². The van der Waals surface area contributed by atoms with Crippen molar-refractivity contribution in [2.75, 3.05) is 13.1 Å². The van der Waals surface area contributed by atoms with Crippen LogP contribution in [0.1, 0.15) is 50.1 Å². The van der Waals surface area contributed by atoms with E-state index in [4.69, 9.17) is 17.3 Å². The molecule has 2 N–H and O–H groups in total. The van der Waals surface area contributed by atoms with Gasteiger partial charge < -0.3 is 10.6 Å². The molecule has 0 spiro atoms. The summed E-state index contributed by atoms with van der Waals surface area (Å²) >= 11 is 6.23. The summed E-state index contributed by atoms with van der Waals surface area (Å²) in [6.45, 7) is 2.39. The number of benzene rings is 1. The zero-order valence-corrected chi connectivity index (χ0v) is 12.9. The molecule has 0 bridgehead atoms. The van der Waals surface area contributed by atoms with Gasteiger partial charge in [0, 0.05) is 23.7 Å². The van der Waals surface area contributed by atoms with Crippen LogP contribution in [0.15, 0.2) is 24.3 Å². The Morgan fingerprint density at radius 2 is 2.00 bits per heavy atom. The standard InChI is InChI=1S/C17H25ClN2/c18-15-7-3-2-6-14(15)16(19)10-12-20-11-9-13-5-1-4-8-17(13)20/h2-3,6-7,13,16-17H,1,4-5,8-12,19H2. The summed E-state index contributed by atoms with van der Waals surface area (Å²) in [5.74, 6) is 0.959. The smallest absolute Gasteiger partial charge is 0.0453 e. The summed E-state index contributed by atoms with van der Waals surface area (Å²) in [5, 5.41) is 0.803. The molecule has 1 aromatic carbocycles. The molecule has 2 fully saturated rings. The van der Waals surface area contributed by atoms with Gasteiger partial charge in [-0.25, -0.2) is 0 Å². The largest absolute Gasteiger partial charge is 0.324 e. The van der Waals surface area contributed by atoms with Crippen LogP contribution in [0.25, 0.3) is 0 Å². The minimum Gasteiger partial charge on any atom is -0.324 e.